The number of carbonyl (C=O) groups is 1. The topological polar surface area (TPSA) is 70.7 Å². The van der Waals surface area contributed by atoms with Crippen LogP contribution in [0.2, 0.25) is 0 Å². The van der Waals surface area contributed by atoms with Gasteiger partial charge >= 0.3 is 0 Å². The molecule has 1 amide bonds. The van der Waals surface area contributed by atoms with Gasteiger partial charge in [0.25, 0.3) is 5.91 Å². The van der Waals surface area contributed by atoms with E-state index in [1.165, 1.54) is 0 Å². The zero-order valence-electron chi connectivity index (χ0n) is 11.0. The number of oxime groups is 1. The minimum atomic E-state index is -0.102. The second-order valence-corrected chi connectivity index (χ2v) is 4.61. The number of anilines is 1. The fourth-order valence-corrected chi connectivity index (χ4v) is 2.46. The SMILES string of the molecule is Cn1nccc1C(=O)N1CCC(=NO)c2ccccc21. The first-order valence-corrected chi connectivity index (χ1v) is 6.32. The van der Waals surface area contributed by atoms with Crippen molar-refractivity contribution in [2.45, 2.75) is 6.42 Å². The number of hydrogen-bond donors (Lipinski definition) is 1. The standard InChI is InChI=1S/C14H14N4O2/c1-17-13(6-8-15-17)14(19)18-9-7-11(16-20)10-4-2-3-5-12(10)18/h2-6,8,20H,7,9H2,1H3. The van der Waals surface area contributed by atoms with E-state index in [9.17, 15) is 4.79 Å². The van der Waals surface area contributed by atoms with E-state index in [-0.39, 0.29) is 5.91 Å². The van der Waals surface area contributed by atoms with Gasteiger partial charge in [0, 0.05) is 31.8 Å². The fourth-order valence-electron chi connectivity index (χ4n) is 2.46. The predicted molar refractivity (Wildman–Crippen MR) is 74.3 cm³/mol. The molecule has 20 heavy (non-hydrogen) atoms. The molecule has 0 bridgehead atoms. The van der Waals surface area contributed by atoms with Crippen molar-refractivity contribution in [3.8, 4) is 0 Å². The first kappa shape index (κ1) is 12.4. The van der Waals surface area contributed by atoms with Gasteiger partial charge in [-0.1, -0.05) is 23.4 Å². The molecule has 0 saturated heterocycles. The summed E-state index contributed by atoms with van der Waals surface area (Å²) in [5.74, 6) is -0.102. The number of amides is 1. The van der Waals surface area contributed by atoms with E-state index >= 15 is 0 Å². The van der Waals surface area contributed by atoms with Crippen LogP contribution < -0.4 is 4.90 Å². The summed E-state index contributed by atoms with van der Waals surface area (Å²) in [6.07, 6.45) is 2.13. The highest BCUT2D eigenvalue weighted by Gasteiger charge is 2.28. The zero-order valence-corrected chi connectivity index (χ0v) is 11.0. The molecule has 0 spiro atoms. The maximum atomic E-state index is 12.6. The van der Waals surface area contributed by atoms with Gasteiger partial charge in [-0.25, -0.2) is 0 Å². The quantitative estimate of drug-likeness (QED) is 0.632. The van der Waals surface area contributed by atoms with Crippen molar-refractivity contribution in [3.05, 3.63) is 47.8 Å². The van der Waals surface area contributed by atoms with Crippen LogP contribution in [-0.2, 0) is 7.05 Å². The number of rotatable bonds is 1. The van der Waals surface area contributed by atoms with Gasteiger partial charge in [0.1, 0.15) is 5.69 Å². The van der Waals surface area contributed by atoms with E-state index in [0.29, 0.717) is 24.4 Å². The van der Waals surface area contributed by atoms with Crippen LogP contribution in [0, 0.1) is 0 Å². The normalized spacial score (nSPS) is 16.2. The maximum absolute atomic E-state index is 12.6. The first-order valence-electron chi connectivity index (χ1n) is 6.32. The smallest absolute Gasteiger partial charge is 0.276 e. The Morgan fingerprint density at radius 2 is 2.15 bits per heavy atom. The van der Waals surface area contributed by atoms with Crippen LogP contribution in [0.3, 0.4) is 0 Å². The van der Waals surface area contributed by atoms with Crippen molar-refractivity contribution < 1.29 is 10.0 Å². The van der Waals surface area contributed by atoms with E-state index in [4.69, 9.17) is 5.21 Å². The summed E-state index contributed by atoms with van der Waals surface area (Å²) in [7, 11) is 1.74. The molecule has 1 aliphatic heterocycles. The highest BCUT2D eigenvalue weighted by molar-refractivity contribution is 6.14. The van der Waals surface area contributed by atoms with Crippen molar-refractivity contribution in [1.82, 2.24) is 9.78 Å². The lowest BCUT2D eigenvalue weighted by Crippen LogP contribution is -2.38. The molecule has 6 heteroatoms. The Balaban J connectivity index is 2.04. The van der Waals surface area contributed by atoms with E-state index in [0.717, 1.165) is 11.3 Å². The van der Waals surface area contributed by atoms with Crippen molar-refractivity contribution in [1.29, 1.82) is 0 Å². The van der Waals surface area contributed by atoms with Crippen LogP contribution in [0.1, 0.15) is 22.5 Å². The number of para-hydroxylation sites is 1. The molecule has 2 aromatic rings. The van der Waals surface area contributed by atoms with Gasteiger partial charge in [-0.05, 0) is 12.1 Å². The van der Waals surface area contributed by atoms with Crippen LogP contribution in [0.15, 0.2) is 41.7 Å². The van der Waals surface area contributed by atoms with Gasteiger partial charge in [0.05, 0.1) is 11.4 Å². The molecule has 1 aromatic heterocycles. The second kappa shape index (κ2) is 4.80. The van der Waals surface area contributed by atoms with Crippen molar-refractivity contribution in [2.75, 3.05) is 11.4 Å². The molecular weight excluding hydrogens is 256 g/mol. The Hall–Kier alpha value is -2.63. The average molecular weight is 270 g/mol. The highest BCUT2D eigenvalue weighted by atomic mass is 16.4. The van der Waals surface area contributed by atoms with Crippen molar-refractivity contribution in [3.63, 3.8) is 0 Å². The van der Waals surface area contributed by atoms with Crippen molar-refractivity contribution in [2.24, 2.45) is 12.2 Å². The summed E-state index contributed by atoms with van der Waals surface area (Å²) in [4.78, 5) is 14.3. The van der Waals surface area contributed by atoms with E-state index < -0.39 is 0 Å². The van der Waals surface area contributed by atoms with Gasteiger partial charge in [0.2, 0.25) is 0 Å². The lowest BCUT2D eigenvalue weighted by atomic mass is 9.99. The Morgan fingerprint density at radius 1 is 1.35 bits per heavy atom. The van der Waals surface area contributed by atoms with E-state index in [1.807, 2.05) is 24.3 Å². The molecule has 6 nitrogen and oxygen atoms in total. The number of hydrogen-bond acceptors (Lipinski definition) is 4. The molecule has 0 unspecified atom stereocenters. The maximum Gasteiger partial charge on any atom is 0.276 e. The zero-order chi connectivity index (χ0) is 14.1. The third-order valence-corrected chi connectivity index (χ3v) is 3.48. The average Bonchev–Trinajstić information content (AvgIpc) is 2.91. The largest absolute Gasteiger partial charge is 0.411 e. The van der Waals surface area contributed by atoms with E-state index in [1.54, 1.807) is 28.9 Å². The summed E-state index contributed by atoms with van der Waals surface area (Å²) >= 11 is 0. The molecule has 1 aliphatic rings. The number of benzene rings is 1. The molecule has 102 valence electrons. The number of carbonyl (C=O) groups excluding carboxylic acids is 1. The van der Waals surface area contributed by atoms with Crippen LogP contribution >= 0.6 is 0 Å². The molecule has 0 radical (unpaired) electrons. The monoisotopic (exact) mass is 270 g/mol. The molecule has 0 aliphatic carbocycles. The minimum absolute atomic E-state index is 0.102. The third-order valence-electron chi connectivity index (χ3n) is 3.48. The number of fused-ring (bicyclic) bond motifs is 1. The Bertz CT molecular complexity index is 690. The third kappa shape index (κ3) is 1.85. The second-order valence-electron chi connectivity index (χ2n) is 4.61. The minimum Gasteiger partial charge on any atom is -0.411 e. The molecular formula is C14H14N4O2. The summed E-state index contributed by atoms with van der Waals surface area (Å²) in [6, 6.07) is 9.13. The van der Waals surface area contributed by atoms with Gasteiger partial charge in [-0.2, -0.15) is 5.10 Å². The number of aromatic nitrogens is 2. The number of aryl methyl sites for hydroxylation is 1. The van der Waals surface area contributed by atoms with Gasteiger partial charge in [-0.3, -0.25) is 9.48 Å². The molecule has 1 aromatic carbocycles. The fraction of sp³-hybridized carbons (Fsp3) is 0.214. The lowest BCUT2D eigenvalue weighted by Gasteiger charge is -2.29. The van der Waals surface area contributed by atoms with Crippen LogP contribution in [0.25, 0.3) is 0 Å². The molecule has 0 atom stereocenters. The first-order chi connectivity index (χ1) is 9.72. The van der Waals surface area contributed by atoms with Gasteiger partial charge < -0.3 is 10.1 Å². The molecule has 0 fully saturated rings. The predicted octanol–water partition coefficient (Wildman–Crippen LogP) is 1.65. The molecule has 1 N–H and O–H groups in total. The van der Waals surface area contributed by atoms with Gasteiger partial charge in [0.15, 0.2) is 0 Å². The van der Waals surface area contributed by atoms with Crippen molar-refractivity contribution >= 4 is 17.3 Å². The molecule has 3 rings (SSSR count). The van der Waals surface area contributed by atoms with Crippen LogP contribution in [0.4, 0.5) is 5.69 Å². The summed E-state index contributed by atoms with van der Waals surface area (Å²) in [5.41, 5.74) is 2.69. The Labute approximate surface area is 115 Å². The van der Waals surface area contributed by atoms with Crippen LogP contribution in [0.5, 0.6) is 0 Å². The Morgan fingerprint density at radius 3 is 2.85 bits per heavy atom. The Kier molecular flexibility index (Phi) is 2.98. The summed E-state index contributed by atoms with van der Waals surface area (Å²) in [6.45, 7) is 0.487. The van der Waals surface area contributed by atoms with Crippen LogP contribution in [-0.4, -0.2) is 33.2 Å². The van der Waals surface area contributed by atoms with E-state index in [2.05, 4.69) is 10.3 Å². The number of nitrogens with zero attached hydrogens (tertiary/aromatic N) is 4. The summed E-state index contributed by atoms with van der Waals surface area (Å²) in [5, 5.41) is 16.4. The molecule has 2 heterocycles. The van der Waals surface area contributed by atoms with Gasteiger partial charge in [-0.15, -0.1) is 0 Å². The summed E-state index contributed by atoms with van der Waals surface area (Å²) < 4.78 is 1.56. The lowest BCUT2D eigenvalue weighted by molar-refractivity contribution is 0.0978. The molecule has 0 saturated carbocycles. The highest BCUT2D eigenvalue weighted by Crippen LogP contribution is 2.28.